The zero-order chi connectivity index (χ0) is 12.3. The van der Waals surface area contributed by atoms with Crippen LogP contribution < -0.4 is 0 Å². The molecule has 0 rings (SSSR count). The van der Waals surface area contributed by atoms with E-state index in [9.17, 15) is 8.42 Å². The summed E-state index contributed by atoms with van der Waals surface area (Å²) in [6.45, 7) is 5.48. The summed E-state index contributed by atoms with van der Waals surface area (Å²) in [6.07, 6.45) is 8.49. The lowest BCUT2D eigenvalue weighted by molar-refractivity contribution is 0.252. The summed E-state index contributed by atoms with van der Waals surface area (Å²) in [7, 11) is -4.19. The van der Waals surface area contributed by atoms with Gasteiger partial charge in [-0.1, -0.05) is 52.4 Å². The topological polar surface area (TPSA) is 74.6 Å². The van der Waals surface area contributed by atoms with Gasteiger partial charge in [0.05, 0.1) is 0 Å². The van der Waals surface area contributed by atoms with Crippen molar-refractivity contribution in [2.75, 3.05) is 0 Å². The molecule has 1 unspecified atom stereocenters. The van der Waals surface area contributed by atoms with Gasteiger partial charge >= 0.3 is 0 Å². The van der Waals surface area contributed by atoms with Crippen molar-refractivity contribution >= 4 is 10.1 Å². The summed E-state index contributed by atoms with van der Waals surface area (Å²) in [6, 6.07) is 0. The van der Waals surface area contributed by atoms with E-state index < -0.39 is 15.6 Å². The summed E-state index contributed by atoms with van der Waals surface area (Å²) in [5, 5.41) is 8.05. The van der Waals surface area contributed by atoms with E-state index in [0.29, 0.717) is 0 Å². The Morgan fingerprint density at radius 3 is 1.40 bits per heavy atom. The third kappa shape index (κ3) is 16.5. The smallest absolute Gasteiger partial charge is 0.291 e. The first kappa shape index (κ1) is 17.3. The summed E-state index contributed by atoms with van der Waals surface area (Å²) in [5.74, 6) is 0. The third-order valence-electron chi connectivity index (χ3n) is 1.89. The molecule has 0 aromatic heterocycles. The van der Waals surface area contributed by atoms with Gasteiger partial charge in [0.25, 0.3) is 10.1 Å². The first-order chi connectivity index (χ1) is 6.86. The van der Waals surface area contributed by atoms with Crippen LogP contribution in [0, 0.1) is 0 Å². The van der Waals surface area contributed by atoms with Crippen LogP contribution in [0.4, 0.5) is 0 Å². The fourth-order valence-electron chi connectivity index (χ4n) is 0.854. The van der Waals surface area contributed by atoms with Crippen molar-refractivity contribution in [1.82, 2.24) is 0 Å². The minimum Gasteiger partial charge on any atom is -0.375 e. The van der Waals surface area contributed by atoms with Crippen molar-refractivity contribution in [3.63, 3.8) is 0 Å². The molecule has 5 heteroatoms. The van der Waals surface area contributed by atoms with Gasteiger partial charge in [0, 0.05) is 0 Å². The highest BCUT2D eigenvalue weighted by atomic mass is 32.2. The van der Waals surface area contributed by atoms with Gasteiger partial charge in [0.2, 0.25) is 0 Å². The Morgan fingerprint density at radius 1 is 1.00 bits per heavy atom. The average Bonchev–Trinajstić information content (AvgIpc) is 2.12. The monoisotopic (exact) mass is 240 g/mol. The highest BCUT2D eigenvalue weighted by Gasteiger charge is 2.10. The summed E-state index contributed by atoms with van der Waals surface area (Å²) in [4.78, 5) is 0. The summed E-state index contributed by atoms with van der Waals surface area (Å²) in [5.41, 5.74) is -1.67. The van der Waals surface area contributed by atoms with Crippen LogP contribution in [0.25, 0.3) is 0 Å². The number of hydrogen-bond acceptors (Lipinski definition) is 3. The molecule has 0 amide bonds. The Bertz CT molecular complexity index is 203. The van der Waals surface area contributed by atoms with E-state index in [1.54, 1.807) is 0 Å². The average molecular weight is 240 g/mol. The molecule has 94 valence electrons. The molecule has 0 saturated carbocycles. The standard InChI is InChI=1S/C8H18.C2H6O4S/c1-3-5-7-8-6-4-2;1-2(3)7(4,5)6/h3-8H2,1-2H3;2-3H,1H3,(H,4,5,6). The number of hydrogen-bond donors (Lipinski definition) is 2. The quantitative estimate of drug-likeness (QED) is 0.552. The van der Waals surface area contributed by atoms with Crippen LogP contribution in [0.2, 0.25) is 0 Å². The van der Waals surface area contributed by atoms with E-state index in [1.165, 1.54) is 38.5 Å². The summed E-state index contributed by atoms with van der Waals surface area (Å²) < 4.78 is 27.1. The van der Waals surface area contributed by atoms with Crippen molar-refractivity contribution in [2.45, 2.75) is 64.7 Å². The van der Waals surface area contributed by atoms with Gasteiger partial charge in [-0.3, -0.25) is 4.55 Å². The number of aliphatic hydroxyl groups excluding tert-OH is 1. The first-order valence-electron chi connectivity index (χ1n) is 5.50. The van der Waals surface area contributed by atoms with Crippen LogP contribution >= 0.6 is 0 Å². The van der Waals surface area contributed by atoms with Crippen molar-refractivity contribution in [3.05, 3.63) is 0 Å². The predicted octanol–water partition coefficient (Wildman–Crippen LogP) is 2.58. The first-order valence-corrected chi connectivity index (χ1v) is 7.00. The van der Waals surface area contributed by atoms with Crippen LogP contribution in [0.15, 0.2) is 0 Å². The van der Waals surface area contributed by atoms with Crippen molar-refractivity contribution in [3.8, 4) is 0 Å². The van der Waals surface area contributed by atoms with Crippen LogP contribution in [0.1, 0.15) is 59.3 Å². The van der Waals surface area contributed by atoms with E-state index in [1.807, 2.05) is 0 Å². The molecule has 0 aliphatic carbocycles. The predicted molar refractivity (Wildman–Crippen MR) is 62.3 cm³/mol. The number of unbranched alkanes of at least 4 members (excludes halogenated alkanes) is 5. The molecule has 4 nitrogen and oxygen atoms in total. The van der Waals surface area contributed by atoms with E-state index >= 15 is 0 Å². The maximum atomic E-state index is 9.64. The van der Waals surface area contributed by atoms with E-state index in [0.717, 1.165) is 6.92 Å². The van der Waals surface area contributed by atoms with Gasteiger partial charge in [-0.25, -0.2) is 0 Å². The minimum absolute atomic E-state index is 0.968. The molecular formula is C10H24O4S. The van der Waals surface area contributed by atoms with Gasteiger partial charge in [-0.2, -0.15) is 8.42 Å². The lowest BCUT2D eigenvalue weighted by Crippen LogP contribution is -2.14. The van der Waals surface area contributed by atoms with E-state index in [4.69, 9.17) is 9.66 Å². The molecule has 0 aliphatic heterocycles. The molecular weight excluding hydrogens is 216 g/mol. The Labute approximate surface area is 93.5 Å². The molecule has 0 fully saturated rings. The lowest BCUT2D eigenvalue weighted by atomic mass is 10.1. The Kier molecular flexibility index (Phi) is 12.0. The summed E-state index contributed by atoms with van der Waals surface area (Å²) >= 11 is 0. The van der Waals surface area contributed by atoms with Gasteiger partial charge in [0.1, 0.15) is 0 Å². The molecule has 0 bridgehead atoms. The lowest BCUT2D eigenvalue weighted by Gasteiger charge is -1.94. The molecule has 0 aromatic rings. The zero-order valence-electron chi connectivity index (χ0n) is 9.94. The fourth-order valence-corrected chi connectivity index (χ4v) is 0.854. The number of rotatable bonds is 6. The highest BCUT2D eigenvalue weighted by molar-refractivity contribution is 7.86. The second-order valence-electron chi connectivity index (χ2n) is 3.53. The second-order valence-corrected chi connectivity index (χ2v) is 5.24. The van der Waals surface area contributed by atoms with Gasteiger partial charge < -0.3 is 5.11 Å². The number of aliphatic hydroxyl groups is 1. The van der Waals surface area contributed by atoms with Gasteiger partial charge in [0.15, 0.2) is 5.44 Å². The molecule has 0 radical (unpaired) electrons. The Morgan fingerprint density at radius 2 is 1.27 bits per heavy atom. The third-order valence-corrected chi connectivity index (χ3v) is 2.75. The van der Waals surface area contributed by atoms with E-state index in [2.05, 4.69) is 13.8 Å². The van der Waals surface area contributed by atoms with E-state index in [-0.39, 0.29) is 0 Å². The molecule has 1 atom stereocenters. The van der Waals surface area contributed by atoms with Gasteiger partial charge in [-0.05, 0) is 6.92 Å². The SMILES string of the molecule is CC(O)S(=O)(=O)O.CCCCCCCC. The maximum Gasteiger partial charge on any atom is 0.291 e. The maximum absolute atomic E-state index is 9.64. The van der Waals surface area contributed by atoms with Crippen molar-refractivity contribution in [2.24, 2.45) is 0 Å². The molecule has 0 aliphatic rings. The van der Waals surface area contributed by atoms with Crippen LogP contribution in [0.3, 0.4) is 0 Å². The Balaban J connectivity index is 0. The van der Waals surface area contributed by atoms with Crippen LogP contribution in [-0.2, 0) is 10.1 Å². The fraction of sp³-hybridized carbons (Fsp3) is 1.00. The molecule has 2 N–H and O–H groups in total. The van der Waals surface area contributed by atoms with Crippen molar-refractivity contribution in [1.29, 1.82) is 0 Å². The van der Waals surface area contributed by atoms with Crippen LogP contribution in [0.5, 0.6) is 0 Å². The molecule has 0 saturated heterocycles. The van der Waals surface area contributed by atoms with Crippen molar-refractivity contribution < 1.29 is 18.1 Å². The Hall–Kier alpha value is -0.130. The largest absolute Gasteiger partial charge is 0.375 e. The zero-order valence-corrected chi connectivity index (χ0v) is 10.8. The molecule has 0 spiro atoms. The second kappa shape index (κ2) is 10.4. The van der Waals surface area contributed by atoms with Gasteiger partial charge in [-0.15, -0.1) is 0 Å². The molecule has 0 heterocycles. The highest BCUT2D eigenvalue weighted by Crippen LogP contribution is 2.03. The minimum atomic E-state index is -4.19. The molecule has 0 aromatic carbocycles. The van der Waals surface area contributed by atoms with Crippen LogP contribution in [-0.4, -0.2) is 23.5 Å². The molecule has 15 heavy (non-hydrogen) atoms. The normalized spacial score (nSPS) is 12.9.